The highest BCUT2D eigenvalue weighted by Crippen LogP contribution is 2.51. The summed E-state index contributed by atoms with van der Waals surface area (Å²) in [5.74, 6) is 2.18. The molecule has 0 fully saturated rings. The number of rotatable bonds is 7. The molecular weight excluding hydrogens is 510 g/mol. The van der Waals surface area contributed by atoms with Gasteiger partial charge in [0.25, 0.3) is 0 Å². The van der Waals surface area contributed by atoms with Crippen LogP contribution in [0.1, 0.15) is 55.1 Å². The molecule has 0 saturated heterocycles. The van der Waals surface area contributed by atoms with Gasteiger partial charge in [-0.3, -0.25) is 4.79 Å². The predicted octanol–water partition coefficient (Wildman–Crippen LogP) is 4.86. The van der Waals surface area contributed by atoms with E-state index in [1.165, 1.54) is 0 Å². The Bertz CT molecular complexity index is 1660. The average Bonchev–Trinajstić information content (AvgIpc) is 3.37. The van der Waals surface area contributed by atoms with Crippen molar-refractivity contribution in [3.63, 3.8) is 0 Å². The van der Waals surface area contributed by atoms with E-state index >= 15 is 0 Å². The van der Waals surface area contributed by atoms with Crippen molar-refractivity contribution in [1.29, 1.82) is 0 Å². The van der Waals surface area contributed by atoms with Crippen LogP contribution in [-0.2, 0) is 16.2 Å². The second-order valence-electron chi connectivity index (χ2n) is 10.6. The topological polar surface area (TPSA) is 109 Å². The number of benzene rings is 2. The zero-order chi connectivity index (χ0) is 27.9. The molecule has 40 heavy (non-hydrogen) atoms. The van der Waals surface area contributed by atoms with Crippen molar-refractivity contribution in [1.82, 2.24) is 19.6 Å². The van der Waals surface area contributed by atoms with Crippen LogP contribution < -0.4 is 14.2 Å². The number of hydrogen-bond donors (Lipinski definition) is 0. The van der Waals surface area contributed by atoms with Crippen molar-refractivity contribution in [2.75, 3.05) is 14.2 Å². The van der Waals surface area contributed by atoms with E-state index in [4.69, 9.17) is 24.0 Å². The van der Waals surface area contributed by atoms with Gasteiger partial charge in [0.15, 0.2) is 35.4 Å². The van der Waals surface area contributed by atoms with Crippen molar-refractivity contribution in [3.05, 3.63) is 88.7 Å². The fourth-order valence-electron chi connectivity index (χ4n) is 5.35. The van der Waals surface area contributed by atoms with Gasteiger partial charge >= 0.3 is 0 Å². The lowest BCUT2D eigenvalue weighted by Crippen LogP contribution is -2.33. The van der Waals surface area contributed by atoms with Crippen LogP contribution in [0.4, 0.5) is 0 Å². The van der Waals surface area contributed by atoms with Crippen molar-refractivity contribution in [3.8, 4) is 17.4 Å². The average molecular weight is 540 g/mol. The fraction of sp³-hybridized carbons (Fsp3) is 0.300. The van der Waals surface area contributed by atoms with Gasteiger partial charge in [-0.15, -0.1) is 5.10 Å². The van der Waals surface area contributed by atoms with Crippen molar-refractivity contribution in [2.45, 2.75) is 39.2 Å². The molecule has 0 radical (unpaired) electrons. The van der Waals surface area contributed by atoms with Crippen molar-refractivity contribution < 1.29 is 23.8 Å². The lowest BCUT2D eigenvalue weighted by atomic mass is 9.70. The number of oxime groups is 1. The summed E-state index contributed by atoms with van der Waals surface area (Å²) < 4.78 is 19.0. The smallest absolute Gasteiger partial charge is 0.228 e. The van der Waals surface area contributed by atoms with E-state index in [1.807, 2.05) is 48.5 Å². The number of ketones is 1. The molecular formula is C30H29N5O5. The van der Waals surface area contributed by atoms with E-state index in [0.29, 0.717) is 58.6 Å². The summed E-state index contributed by atoms with van der Waals surface area (Å²) in [6.07, 6.45) is 4.22. The van der Waals surface area contributed by atoms with Crippen LogP contribution in [-0.4, -0.2) is 45.8 Å². The van der Waals surface area contributed by atoms with E-state index in [-0.39, 0.29) is 17.8 Å². The first-order valence-corrected chi connectivity index (χ1v) is 13.0. The highest BCUT2D eigenvalue weighted by atomic mass is 16.6. The summed E-state index contributed by atoms with van der Waals surface area (Å²) in [7, 11) is 3.18. The van der Waals surface area contributed by atoms with E-state index in [2.05, 4.69) is 29.1 Å². The molecule has 10 nitrogen and oxygen atoms in total. The van der Waals surface area contributed by atoms with E-state index < -0.39 is 5.92 Å². The maximum atomic E-state index is 13.7. The van der Waals surface area contributed by atoms with E-state index in [1.54, 1.807) is 31.3 Å². The second kappa shape index (κ2) is 10.1. The number of ether oxygens (including phenoxy) is 3. The van der Waals surface area contributed by atoms with Gasteiger partial charge in [0.1, 0.15) is 12.1 Å². The van der Waals surface area contributed by atoms with Crippen LogP contribution in [0.3, 0.4) is 0 Å². The van der Waals surface area contributed by atoms with Gasteiger partial charge in [-0.25, -0.2) is 14.5 Å². The summed E-state index contributed by atoms with van der Waals surface area (Å²) in [5.41, 5.74) is 3.34. The van der Waals surface area contributed by atoms with Gasteiger partial charge in [0.2, 0.25) is 5.88 Å². The third-order valence-electron chi connectivity index (χ3n) is 7.12. The van der Waals surface area contributed by atoms with Crippen LogP contribution >= 0.6 is 0 Å². The highest BCUT2D eigenvalue weighted by molar-refractivity contribution is 6.00. The number of aromatic nitrogens is 4. The number of nitrogens with zero attached hydrogens (tertiary/aromatic N) is 5. The first-order valence-electron chi connectivity index (χ1n) is 13.0. The quantitative estimate of drug-likeness (QED) is 0.242. The molecule has 6 rings (SSSR count). The third-order valence-corrected chi connectivity index (χ3v) is 7.12. The molecule has 2 aromatic heterocycles. The predicted molar refractivity (Wildman–Crippen MR) is 147 cm³/mol. The number of methoxy groups -OCH3 is 2. The number of carbonyl (C=O) groups is 1. The number of fused-ring (bicyclic) bond motifs is 3. The largest absolute Gasteiger partial charge is 0.493 e. The molecule has 2 aliphatic rings. The van der Waals surface area contributed by atoms with Crippen molar-refractivity contribution >= 4 is 17.6 Å². The van der Waals surface area contributed by atoms with Gasteiger partial charge < -0.3 is 19.0 Å². The zero-order valence-electron chi connectivity index (χ0n) is 22.7. The maximum Gasteiger partial charge on any atom is 0.228 e. The van der Waals surface area contributed by atoms with Crippen LogP contribution in [0.25, 0.3) is 5.65 Å². The molecule has 0 N–H and O–H groups in total. The molecule has 3 heterocycles. The minimum absolute atomic E-state index is 0.0389. The Kier molecular flexibility index (Phi) is 6.45. The molecule has 0 bridgehead atoms. The summed E-state index contributed by atoms with van der Waals surface area (Å²) in [6.45, 7) is 4.20. The Morgan fingerprint density at radius 2 is 1.90 bits per heavy atom. The molecule has 204 valence electrons. The summed E-state index contributed by atoms with van der Waals surface area (Å²) in [5, 5.41) is 8.58. The molecule has 0 amide bonds. The van der Waals surface area contributed by atoms with Crippen molar-refractivity contribution in [2.24, 2.45) is 10.6 Å². The Morgan fingerprint density at radius 1 is 1.10 bits per heavy atom. The number of Topliss-reactive ketones (excluding diaryl/α,β-unsaturated/α-hetero) is 1. The lowest BCUT2D eigenvalue weighted by Gasteiger charge is -2.37. The van der Waals surface area contributed by atoms with E-state index in [9.17, 15) is 4.79 Å². The SMILES string of the molecule is COc1ccc(C2C3=C(CC(C)(C)CC3=O)Oc3ncn4nc(CON=Cc5ccccc5)nc4c32)cc1OC. The number of hydrogen-bond acceptors (Lipinski definition) is 9. The molecule has 1 unspecified atom stereocenters. The van der Waals surface area contributed by atoms with Crippen LogP contribution in [0.5, 0.6) is 17.4 Å². The Balaban J connectivity index is 1.43. The Hall–Kier alpha value is -4.73. The van der Waals surface area contributed by atoms with Gasteiger partial charge in [0, 0.05) is 18.4 Å². The second-order valence-corrected chi connectivity index (χ2v) is 10.6. The van der Waals surface area contributed by atoms with E-state index in [0.717, 1.165) is 11.1 Å². The molecule has 1 aliphatic heterocycles. The lowest BCUT2D eigenvalue weighted by molar-refractivity contribution is -0.118. The number of carbonyl (C=O) groups excluding carboxylic acids is 1. The molecule has 1 atom stereocenters. The monoisotopic (exact) mass is 539 g/mol. The minimum Gasteiger partial charge on any atom is -0.493 e. The van der Waals surface area contributed by atoms with Crippen LogP contribution in [0.2, 0.25) is 0 Å². The fourth-order valence-corrected chi connectivity index (χ4v) is 5.35. The van der Waals surface area contributed by atoms with Crippen LogP contribution in [0, 0.1) is 5.41 Å². The minimum atomic E-state index is -0.479. The van der Waals surface area contributed by atoms with Gasteiger partial charge in [0.05, 0.1) is 31.9 Å². The molecule has 1 aliphatic carbocycles. The summed E-state index contributed by atoms with van der Waals surface area (Å²) in [4.78, 5) is 28.5. The molecule has 0 saturated carbocycles. The Morgan fingerprint density at radius 3 is 2.67 bits per heavy atom. The molecule has 4 aromatic rings. The number of allylic oxidation sites excluding steroid dienone is 2. The standard InChI is InChI=1S/C30H29N5O5/c1-30(2)13-20(36)26-23(14-30)40-29-27(25(26)19-10-11-21(37-3)22(12-19)38-4)28-33-24(34-35(28)17-31-29)16-39-32-15-18-8-6-5-7-9-18/h5-12,15,17,25H,13-14,16H2,1-4H3. The van der Waals surface area contributed by atoms with Gasteiger partial charge in [-0.1, -0.05) is 55.4 Å². The molecule has 0 spiro atoms. The summed E-state index contributed by atoms with van der Waals surface area (Å²) in [6, 6.07) is 15.3. The highest BCUT2D eigenvalue weighted by Gasteiger charge is 2.44. The molecule has 10 heteroatoms. The first-order chi connectivity index (χ1) is 19.4. The van der Waals surface area contributed by atoms with Crippen LogP contribution in [0.15, 0.2) is 71.3 Å². The maximum absolute atomic E-state index is 13.7. The summed E-state index contributed by atoms with van der Waals surface area (Å²) >= 11 is 0. The third kappa shape index (κ3) is 4.66. The Labute approximate surface area is 231 Å². The normalized spacial score (nSPS) is 17.9. The molecule has 2 aromatic carbocycles. The van der Waals surface area contributed by atoms with Gasteiger partial charge in [-0.2, -0.15) is 0 Å². The zero-order valence-corrected chi connectivity index (χ0v) is 22.7. The first kappa shape index (κ1) is 25.5. The van der Waals surface area contributed by atoms with Gasteiger partial charge in [-0.05, 0) is 28.7 Å².